The third kappa shape index (κ3) is 3.24. The number of nitrogens with zero attached hydrogens (tertiary/aromatic N) is 2. The summed E-state index contributed by atoms with van der Waals surface area (Å²) < 4.78 is 0. The van der Waals surface area contributed by atoms with Crippen LogP contribution in [0.4, 0.5) is 0 Å². The van der Waals surface area contributed by atoms with Crippen LogP contribution in [-0.4, -0.2) is 11.0 Å². The minimum Gasteiger partial charge on any atom is -0.393 e. The molecule has 1 aliphatic heterocycles. The molecule has 2 N–H and O–H groups in total. The number of benzene rings is 2. The van der Waals surface area contributed by atoms with Crippen LogP contribution in [0.15, 0.2) is 65.2 Å². The SMILES string of the molecule is Cc1ccc(C2C(C#N)=C(N)SC(c3ccccc3)C2[N+](=O)[O-])cc1. The summed E-state index contributed by atoms with van der Waals surface area (Å²) in [5.41, 5.74) is 9.05. The van der Waals surface area contributed by atoms with Crippen molar-refractivity contribution in [2.45, 2.75) is 24.1 Å². The van der Waals surface area contributed by atoms with E-state index in [-0.39, 0.29) is 10.5 Å². The zero-order chi connectivity index (χ0) is 18.0. The van der Waals surface area contributed by atoms with Gasteiger partial charge in [0, 0.05) is 4.92 Å². The maximum Gasteiger partial charge on any atom is 0.240 e. The molecule has 25 heavy (non-hydrogen) atoms. The molecule has 2 aromatic carbocycles. The van der Waals surface area contributed by atoms with Gasteiger partial charge in [0.25, 0.3) is 0 Å². The Kier molecular flexibility index (Phi) is 4.77. The Hall–Kier alpha value is -2.78. The second kappa shape index (κ2) is 6.99. The van der Waals surface area contributed by atoms with Gasteiger partial charge in [-0.3, -0.25) is 10.1 Å². The number of thioether (sulfide) groups is 1. The van der Waals surface area contributed by atoms with Crippen molar-refractivity contribution in [1.29, 1.82) is 5.26 Å². The van der Waals surface area contributed by atoms with Crippen molar-refractivity contribution in [3.8, 4) is 6.07 Å². The minimum atomic E-state index is -0.961. The van der Waals surface area contributed by atoms with Crippen LogP contribution in [-0.2, 0) is 0 Å². The van der Waals surface area contributed by atoms with Gasteiger partial charge in [0.1, 0.15) is 5.25 Å². The largest absolute Gasteiger partial charge is 0.393 e. The maximum atomic E-state index is 12.0. The fraction of sp³-hybridized carbons (Fsp3) is 0.211. The van der Waals surface area contributed by atoms with Crippen LogP contribution in [0.25, 0.3) is 0 Å². The number of hydrogen-bond donors (Lipinski definition) is 1. The van der Waals surface area contributed by atoms with Gasteiger partial charge in [-0.15, -0.1) is 0 Å². The van der Waals surface area contributed by atoms with Crippen molar-refractivity contribution in [3.63, 3.8) is 0 Å². The van der Waals surface area contributed by atoms with E-state index in [9.17, 15) is 15.4 Å². The molecule has 3 rings (SSSR count). The molecule has 5 nitrogen and oxygen atoms in total. The van der Waals surface area contributed by atoms with Crippen molar-refractivity contribution in [3.05, 3.63) is 92.0 Å². The first kappa shape index (κ1) is 17.1. The van der Waals surface area contributed by atoms with Gasteiger partial charge in [0.05, 0.1) is 22.6 Å². The zero-order valence-electron chi connectivity index (χ0n) is 13.6. The van der Waals surface area contributed by atoms with E-state index in [1.165, 1.54) is 11.8 Å². The lowest BCUT2D eigenvalue weighted by Crippen LogP contribution is -2.37. The Balaban J connectivity index is 2.17. The third-order valence-corrected chi connectivity index (χ3v) is 5.69. The first-order chi connectivity index (χ1) is 12.0. The second-order valence-corrected chi connectivity index (χ2v) is 7.19. The third-order valence-electron chi connectivity index (χ3n) is 4.41. The molecule has 0 fully saturated rings. The van der Waals surface area contributed by atoms with Gasteiger partial charge in [0.2, 0.25) is 6.04 Å². The van der Waals surface area contributed by atoms with Crippen LogP contribution in [0.3, 0.4) is 0 Å². The van der Waals surface area contributed by atoms with Crippen LogP contribution in [0, 0.1) is 28.4 Å². The Bertz CT molecular complexity index is 856. The highest BCUT2D eigenvalue weighted by Crippen LogP contribution is 2.50. The van der Waals surface area contributed by atoms with Crippen molar-refractivity contribution >= 4 is 11.8 Å². The summed E-state index contributed by atoms with van der Waals surface area (Å²) in [6.45, 7) is 1.95. The first-order valence-corrected chi connectivity index (χ1v) is 8.72. The van der Waals surface area contributed by atoms with Crippen LogP contribution in [0.1, 0.15) is 27.9 Å². The quantitative estimate of drug-likeness (QED) is 0.668. The molecule has 126 valence electrons. The van der Waals surface area contributed by atoms with E-state index in [2.05, 4.69) is 6.07 Å². The van der Waals surface area contributed by atoms with Crippen LogP contribution >= 0.6 is 11.8 Å². The smallest absolute Gasteiger partial charge is 0.240 e. The van der Waals surface area contributed by atoms with Crippen LogP contribution < -0.4 is 5.73 Å². The maximum absolute atomic E-state index is 12.0. The molecule has 0 saturated carbocycles. The van der Waals surface area contributed by atoms with Gasteiger partial charge in [0.15, 0.2) is 0 Å². The van der Waals surface area contributed by atoms with E-state index in [0.29, 0.717) is 5.03 Å². The van der Waals surface area contributed by atoms with Gasteiger partial charge >= 0.3 is 0 Å². The van der Waals surface area contributed by atoms with E-state index in [0.717, 1.165) is 16.7 Å². The van der Waals surface area contributed by atoms with Crippen molar-refractivity contribution in [2.24, 2.45) is 5.73 Å². The molecule has 0 saturated heterocycles. The monoisotopic (exact) mass is 351 g/mol. The number of nitriles is 1. The number of rotatable bonds is 3. The Morgan fingerprint density at radius 1 is 1.12 bits per heavy atom. The molecule has 3 unspecified atom stereocenters. The van der Waals surface area contributed by atoms with E-state index < -0.39 is 17.2 Å². The Labute approximate surface area is 150 Å². The molecule has 0 spiro atoms. The predicted octanol–water partition coefficient (Wildman–Crippen LogP) is 3.91. The summed E-state index contributed by atoms with van der Waals surface area (Å²) >= 11 is 1.20. The van der Waals surface area contributed by atoms with Gasteiger partial charge < -0.3 is 5.73 Å². The molecule has 0 aliphatic carbocycles. The molecule has 2 aromatic rings. The average Bonchev–Trinajstić information content (AvgIpc) is 2.62. The lowest BCUT2D eigenvalue weighted by Gasteiger charge is -2.32. The van der Waals surface area contributed by atoms with E-state index in [1.54, 1.807) is 0 Å². The highest BCUT2D eigenvalue weighted by Gasteiger charge is 2.48. The summed E-state index contributed by atoms with van der Waals surface area (Å²) in [5, 5.41) is 21.5. The van der Waals surface area contributed by atoms with Crippen molar-refractivity contribution < 1.29 is 4.92 Å². The lowest BCUT2D eigenvalue weighted by molar-refractivity contribution is -0.525. The standard InChI is InChI=1S/C19H17N3O2S/c1-12-7-9-13(10-8-12)16-15(11-20)19(21)25-18(17(16)22(23)24)14-5-3-2-4-6-14/h2-10,16-18H,21H2,1H3. The summed E-state index contributed by atoms with van der Waals surface area (Å²) in [4.78, 5) is 11.7. The molecule has 1 aliphatic rings. The van der Waals surface area contributed by atoms with Crippen molar-refractivity contribution in [2.75, 3.05) is 0 Å². The summed E-state index contributed by atoms with van der Waals surface area (Å²) in [5.74, 6) is -0.660. The van der Waals surface area contributed by atoms with Gasteiger partial charge in [-0.25, -0.2) is 0 Å². The normalized spacial score (nSPS) is 23.1. The average molecular weight is 351 g/mol. The molecule has 0 radical (unpaired) electrons. The van der Waals surface area contributed by atoms with Crippen LogP contribution in [0.2, 0.25) is 0 Å². The zero-order valence-corrected chi connectivity index (χ0v) is 14.4. The van der Waals surface area contributed by atoms with E-state index >= 15 is 0 Å². The molecule has 1 heterocycles. The number of nitrogens with two attached hydrogens (primary N) is 1. The fourth-order valence-corrected chi connectivity index (χ4v) is 4.43. The molecular weight excluding hydrogens is 334 g/mol. The molecule has 6 heteroatoms. The summed E-state index contributed by atoms with van der Waals surface area (Å²) in [6.07, 6.45) is 0. The van der Waals surface area contributed by atoms with Crippen LogP contribution in [0.5, 0.6) is 0 Å². The van der Waals surface area contributed by atoms with E-state index in [1.807, 2.05) is 61.5 Å². The molecule has 3 atom stereocenters. The van der Waals surface area contributed by atoms with Gasteiger partial charge in [-0.2, -0.15) is 5.26 Å². The lowest BCUT2D eigenvalue weighted by atomic mass is 9.82. The van der Waals surface area contributed by atoms with Gasteiger partial charge in [-0.05, 0) is 18.1 Å². The summed E-state index contributed by atoms with van der Waals surface area (Å²) in [6, 6.07) is 17.9. The molecule has 0 aromatic heterocycles. The number of aryl methyl sites for hydroxylation is 1. The Morgan fingerprint density at radius 2 is 1.76 bits per heavy atom. The molecule has 0 bridgehead atoms. The minimum absolute atomic E-state index is 0.279. The highest BCUT2D eigenvalue weighted by atomic mass is 32.2. The topological polar surface area (TPSA) is 93.0 Å². The first-order valence-electron chi connectivity index (χ1n) is 7.84. The van der Waals surface area contributed by atoms with Gasteiger partial charge in [-0.1, -0.05) is 71.9 Å². The van der Waals surface area contributed by atoms with E-state index in [4.69, 9.17) is 5.73 Å². The number of hydrogen-bond acceptors (Lipinski definition) is 5. The Morgan fingerprint density at radius 3 is 2.32 bits per heavy atom. The fourth-order valence-electron chi connectivity index (χ4n) is 3.17. The van der Waals surface area contributed by atoms with Crippen molar-refractivity contribution in [1.82, 2.24) is 0 Å². The number of nitro groups is 1. The molecular formula is C19H17N3O2S. The molecule has 0 amide bonds. The second-order valence-electron chi connectivity index (χ2n) is 6.00. The summed E-state index contributed by atoms with van der Waals surface area (Å²) in [7, 11) is 0. The highest BCUT2D eigenvalue weighted by molar-refractivity contribution is 8.03. The predicted molar refractivity (Wildman–Crippen MR) is 98.3 cm³/mol.